The van der Waals surface area contributed by atoms with Gasteiger partial charge in [0.25, 0.3) is 0 Å². The summed E-state index contributed by atoms with van der Waals surface area (Å²) in [5.74, 6) is 0.230. The second-order valence-electron chi connectivity index (χ2n) is 7.24. The minimum absolute atomic E-state index is 0.0882. The van der Waals surface area contributed by atoms with E-state index in [4.69, 9.17) is 0 Å². The van der Waals surface area contributed by atoms with Crippen LogP contribution >= 0.6 is 0 Å². The fourth-order valence-electron chi connectivity index (χ4n) is 4.10. The number of carbonyl (C=O) groups is 1. The van der Waals surface area contributed by atoms with E-state index in [0.29, 0.717) is 0 Å². The van der Waals surface area contributed by atoms with Crippen LogP contribution in [0, 0.1) is 0 Å². The summed E-state index contributed by atoms with van der Waals surface area (Å²) in [5, 5.41) is 0. The first-order chi connectivity index (χ1) is 12.7. The summed E-state index contributed by atoms with van der Waals surface area (Å²) < 4.78 is 0. The fourth-order valence-corrected chi connectivity index (χ4v) is 4.10. The monoisotopic (exact) mass is 346 g/mol. The lowest BCUT2D eigenvalue weighted by atomic mass is 9.98. The Bertz CT molecular complexity index is 812. The lowest BCUT2D eigenvalue weighted by Crippen LogP contribution is -2.49. The summed E-state index contributed by atoms with van der Waals surface area (Å²) in [6, 6.07) is 18.8. The molecule has 0 aromatic heterocycles. The molecule has 0 aliphatic carbocycles. The van der Waals surface area contributed by atoms with Gasteiger partial charge in [0, 0.05) is 25.3 Å². The molecule has 0 bridgehead atoms. The highest BCUT2D eigenvalue weighted by Gasteiger charge is 2.30. The van der Waals surface area contributed by atoms with E-state index in [1.165, 1.54) is 16.7 Å². The van der Waals surface area contributed by atoms with Crippen molar-refractivity contribution in [3.63, 3.8) is 0 Å². The Morgan fingerprint density at radius 2 is 1.73 bits per heavy atom. The SMILES string of the molecule is CC(C(=O)N1CCCc2ccccc21)N1CC=C(c2ccccc2)CC1. The zero-order valence-corrected chi connectivity index (χ0v) is 15.4. The van der Waals surface area contributed by atoms with Crippen LogP contribution in [0.5, 0.6) is 0 Å². The van der Waals surface area contributed by atoms with E-state index in [-0.39, 0.29) is 11.9 Å². The minimum atomic E-state index is -0.0882. The zero-order valence-electron chi connectivity index (χ0n) is 15.4. The number of benzene rings is 2. The van der Waals surface area contributed by atoms with Crippen LogP contribution in [0.3, 0.4) is 0 Å². The molecule has 26 heavy (non-hydrogen) atoms. The van der Waals surface area contributed by atoms with Crippen LogP contribution < -0.4 is 4.90 Å². The number of rotatable bonds is 3. The molecule has 0 radical (unpaired) electrons. The van der Waals surface area contributed by atoms with Crippen LogP contribution in [0.1, 0.15) is 30.9 Å². The summed E-state index contributed by atoms with van der Waals surface area (Å²) in [7, 11) is 0. The van der Waals surface area contributed by atoms with Crippen LogP contribution in [0.4, 0.5) is 5.69 Å². The number of amides is 1. The Hall–Kier alpha value is -2.39. The van der Waals surface area contributed by atoms with Crippen LogP contribution in [0.2, 0.25) is 0 Å². The summed E-state index contributed by atoms with van der Waals surface area (Å²) in [5.41, 5.74) is 5.10. The van der Waals surface area contributed by atoms with Crippen molar-refractivity contribution in [2.45, 2.75) is 32.2 Å². The molecule has 2 aromatic carbocycles. The molecule has 2 aromatic rings. The van der Waals surface area contributed by atoms with Crippen molar-refractivity contribution in [1.29, 1.82) is 0 Å². The second kappa shape index (κ2) is 7.46. The molecule has 3 nitrogen and oxygen atoms in total. The Labute approximate surface area is 155 Å². The van der Waals surface area contributed by atoms with Gasteiger partial charge in [0.2, 0.25) is 5.91 Å². The molecule has 2 aliphatic rings. The van der Waals surface area contributed by atoms with Crippen LogP contribution in [-0.2, 0) is 11.2 Å². The van der Waals surface area contributed by atoms with Crippen molar-refractivity contribution < 1.29 is 4.79 Å². The highest BCUT2D eigenvalue weighted by Crippen LogP contribution is 2.29. The molecule has 1 unspecified atom stereocenters. The van der Waals surface area contributed by atoms with Crippen molar-refractivity contribution >= 4 is 17.2 Å². The Balaban J connectivity index is 1.47. The Morgan fingerprint density at radius 1 is 0.962 bits per heavy atom. The first-order valence-corrected chi connectivity index (χ1v) is 9.62. The van der Waals surface area contributed by atoms with Gasteiger partial charge in [-0.05, 0) is 49.0 Å². The van der Waals surface area contributed by atoms with Crippen LogP contribution in [0.15, 0.2) is 60.7 Å². The fraction of sp³-hybridized carbons (Fsp3) is 0.348. The molecule has 3 heteroatoms. The third-order valence-corrected chi connectivity index (χ3v) is 5.67. The molecule has 1 atom stereocenters. The summed E-state index contributed by atoms with van der Waals surface area (Å²) in [4.78, 5) is 17.5. The van der Waals surface area contributed by atoms with Gasteiger partial charge >= 0.3 is 0 Å². The molecule has 2 heterocycles. The Morgan fingerprint density at radius 3 is 2.50 bits per heavy atom. The van der Waals surface area contributed by atoms with E-state index >= 15 is 0 Å². The summed E-state index contributed by atoms with van der Waals surface area (Å²) in [6.45, 7) is 4.66. The van der Waals surface area contributed by atoms with Crippen molar-refractivity contribution in [3.05, 3.63) is 71.8 Å². The molecule has 134 valence electrons. The molecule has 4 rings (SSSR count). The average Bonchev–Trinajstić information content (AvgIpc) is 2.73. The standard InChI is InChI=1S/C23H26N2O/c1-18(23(26)25-15-7-11-21-10-5-6-12-22(21)25)24-16-13-20(14-17-24)19-8-3-2-4-9-19/h2-6,8-10,12-13,18H,7,11,14-17H2,1H3. The Kier molecular flexibility index (Phi) is 4.89. The van der Waals surface area contributed by atoms with Gasteiger partial charge in [0.15, 0.2) is 0 Å². The normalized spacial score (nSPS) is 18.8. The third-order valence-electron chi connectivity index (χ3n) is 5.67. The summed E-state index contributed by atoms with van der Waals surface area (Å²) in [6.07, 6.45) is 5.40. The third kappa shape index (κ3) is 3.32. The van der Waals surface area contributed by atoms with Crippen LogP contribution in [0.25, 0.3) is 5.57 Å². The van der Waals surface area contributed by atoms with Crippen molar-refractivity contribution in [1.82, 2.24) is 4.90 Å². The van der Waals surface area contributed by atoms with Gasteiger partial charge in [-0.25, -0.2) is 0 Å². The first kappa shape index (κ1) is 17.0. The van der Waals surface area contributed by atoms with E-state index in [1.54, 1.807) is 0 Å². The lowest BCUT2D eigenvalue weighted by molar-refractivity contribution is -0.123. The maximum atomic E-state index is 13.2. The number of aryl methyl sites for hydroxylation is 1. The highest BCUT2D eigenvalue weighted by molar-refractivity contribution is 5.98. The number of anilines is 1. The average molecular weight is 346 g/mol. The predicted molar refractivity (Wildman–Crippen MR) is 107 cm³/mol. The molecule has 1 amide bonds. The largest absolute Gasteiger partial charge is 0.311 e. The van der Waals surface area contributed by atoms with E-state index in [0.717, 1.165) is 44.6 Å². The molecule has 0 spiro atoms. The molecule has 0 saturated heterocycles. The van der Waals surface area contributed by atoms with Crippen molar-refractivity contribution in [2.75, 3.05) is 24.5 Å². The van der Waals surface area contributed by atoms with Crippen LogP contribution in [-0.4, -0.2) is 36.5 Å². The molecule has 0 fully saturated rings. The maximum Gasteiger partial charge on any atom is 0.244 e. The number of para-hydroxylation sites is 1. The first-order valence-electron chi connectivity index (χ1n) is 9.62. The molecule has 0 saturated carbocycles. The molecular formula is C23H26N2O. The smallest absolute Gasteiger partial charge is 0.244 e. The van der Waals surface area contributed by atoms with E-state index in [1.807, 2.05) is 11.0 Å². The second-order valence-corrected chi connectivity index (χ2v) is 7.24. The van der Waals surface area contributed by atoms with Gasteiger partial charge in [0.1, 0.15) is 0 Å². The van der Waals surface area contributed by atoms with Gasteiger partial charge in [-0.15, -0.1) is 0 Å². The van der Waals surface area contributed by atoms with Gasteiger partial charge in [-0.2, -0.15) is 0 Å². The topological polar surface area (TPSA) is 23.6 Å². The number of fused-ring (bicyclic) bond motifs is 1. The minimum Gasteiger partial charge on any atom is -0.311 e. The molecule has 0 N–H and O–H groups in total. The maximum absolute atomic E-state index is 13.2. The number of carbonyl (C=O) groups excluding carboxylic acids is 1. The quantitative estimate of drug-likeness (QED) is 0.834. The van der Waals surface area contributed by atoms with Gasteiger partial charge in [-0.1, -0.05) is 54.6 Å². The van der Waals surface area contributed by atoms with Gasteiger partial charge in [-0.3, -0.25) is 9.69 Å². The number of hydrogen-bond acceptors (Lipinski definition) is 2. The predicted octanol–water partition coefficient (Wildman–Crippen LogP) is 4.14. The molecular weight excluding hydrogens is 320 g/mol. The van der Waals surface area contributed by atoms with Gasteiger partial charge in [0.05, 0.1) is 6.04 Å². The number of hydrogen-bond donors (Lipinski definition) is 0. The zero-order chi connectivity index (χ0) is 17.9. The van der Waals surface area contributed by atoms with Crippen molar-refractivity contribution in [3.8, 4) is 0 Å². The van der Waals surface area contributed by atoms with Crippen molar-refractivity contribution in [2.24, 2.45) is 0 Å². The van der Waals surface area contributed by atoms with Gasteiger partial charge < -0.3 is 4.90 Å². The van der Waals surface area contributed by atoms with E-state index in [2.05, 4.69) is 66.4 Å². The van der Waals surface area contributed by atoms with E-state index < -0.39 is 0 Å². The van der Waals surface area contributed by atoms with E-state index in [9.17, 15) is 4.79 Å². The molecule has 2 aliphatic heterocycles. The lowest BCUT2D eigenvalue weighted by Gasteiger charge is -2.36. The summed E-state index contributed by atoms with van der Waals surface area (Å²) >= 11 is 0. The number of nitrogens with zero attached hydrogens (tertiary/aromatic N) is 2. The highest BCUT2D eigenvalue weighted by atomic mass is 16.2.